The predicted octanol–water partition coefficient (Wildman–Crippen LogP) is 2.87. The Morgan fingerprint density at radius 1 is 1.16 bits per heavy atom. The summed E-state index contributed by atoms with van der Waals surface area (Å²) in [5.74, 6) is 0.296. The maximum absolute atomic E-state index is 13.0. The number of carbonyl (C=O) groups excluding carboxylic acids is 1. The van der Waals surface area contributed by atoms with E-state index in [0.717, 1.165) is 44.0 Å². The minimum absolute atomic E-state index is 0.151. The molecule has 174 valence electrons. The van der Waals surface area contributed by atoms with Gasteiger partial charge in [0.15, 0.2) is 0 Å². The number of anilines is 1. The normalized spacial score (nSPS) is 15.9. The van der Waals surface area contributed by atoms with Crippen LogP contribution >= 0.6 is 11.8 Å². The molecule has 0 spiro atoms. The van der Waals surface area contributed by atoms with Gasteiger partial charge in [-0.3, -0.25) is 9.69 Å². The molecule has 0 saturated carbocycles. The zero-order chi connectivity index (χ0) is 23.0. The van der Waals surface area contributed by atoms with Crippen LogP contribution in [-0.4, -0.2) is 63.6 Å². The molecule has 1 aliphatic heterocycles. The molecule has 2 aromatic carbocycles. The number of ether oxygens (including phenoxy) is 1. The quantitative estimate of drug-likeness (QED) is 0.547. The van der Waals surface area contributed by atoms with Crippen LogP contribution in [-0.2, 0) is 26.1 Å². The molecule has 7 nitrogen and oxygen atoms in total. The fourth-order valence-corrected chi connectivity index (χ4v) is 5.15. The molecular formula is C23H31N3O4S2. The Morgan fingerprint density at radius 3 is 2.56 bits per heavy atom. The summed E-state index contributed by atoms with van der Waals surface area (Å²) in [5, 5.41) is 2.89. The second-order valence-corrected chi connectivity index (χ2v) is 10.5. The fourth-order valence-electron chi connectivity index (χ4n) is 3.45. The summed E-state index contributed by atoms with van der Waals surface area (Å²) < 4.78 is 33.7. The average molecular weight is 478 g/mol. The van der Waals surface area contributed by atoms with E-state index in [1.165, 1.54) is 0 Å². The van der Waals surface area contributed by atoms with Crippen molar-refractivity contribution in [3.63, 3.8) is 0 Å². The molecule has 1 amide bonds. The molecular weight excluding hydrogens is 446 g/mol. The molecule has 3 rings (SSSR count). The van der Waals surface area contributed by atoms with E-state index >= 15 is 0 Å². The number of nitrogens with one attached hydrogen (secondary N) is 2. The van der Waals surface area contributed by atoms with Crippen LogP contribution in [0.3, 0.4) is 0 Å². The van der Waals surface area contributed by atoms with E-state index in [2.05, 4.69) is 14.9 Å². The molecule has 0 bridgehead atoms. The van der Waals surface area contributed by atoms with Gasteiger partial charge < -0.3 is 10.1 Å². The highest BCUT2D eigenvalue weighted by Crippen LogP contribution is 2.16. The smallest absolute Gasteiger partial charge is 0.242 e. The molecule has 1 fully saturated rings. The third-order valence-electron chi connectivity index (χ3n) is 5.26. The summed E-state index contributed by atoms with van der Waals surface area (Å²) in [4.78, 5) is 15.5. The summed E-state index contributed by atoms with van der Waals surface area (Å²) in [5.41, 5.74) is 2.72. The summed E-state index contributed by atoms with van der Waals surface area (Å²) in [6, 6.07) is 13.4. The molecule has 1 aliphatic rings. The maximum atomic E-state index is 13.0. The van der Waals surface area contributed by atoms with Crippen LogP contribution in [0.1, 0.15) is 17.5 Å². The molecule has 2 aromatic rings. The van der Waals surface area contributed by atoms with E-state index < -0.39 is 16.1 Å². The van der Waals surface area contributed by atoms with Crippen LogP contribution in [0.4, 0.5) is 5.69 Å². The van der Waals surface area contributed by atoms with Gasteiger partial charge in [0.1, 0.15) is 6.04 Å². The van der Waals surface area contributed by atoms with Crippen LogP contribution in [0.5, 0.6) is 0 Å². The monoisotopic (exact) mass is 477 g/mol. The van der Waals surface area contributed by atoms with Gasteiger partial charge in [-0.05, 0) is 55.2 Å². The van der Waals surface area contributed by atoms with Gasteiger partial charge in [-0.1, -0.05) is 29.8 Å². The number of morpholine rings is 1. The molecule has 9 heteroatoms. The van der Waals surface area contributed by atoms with Crippen LogP contribution in [0.2, 0.25) is 0 Å². The number of benzene rings is 2. The molecule has 0 radical (unpaired) electrons. The predicted molar refractivity (Wildman–Crippen MR) is 129 cm³/mol. The zero-order valence-corrected chi connectivity index (χ0v) is 20.2. The number of hydrogen-bond acceptors (Lipinski definition) is 6. The van der Waals surface area contributed by atoms with Crippen LogP contribution in [0, 0.1) is 6.92 Å². The van der Waals surface area contributed by atoms with Crippen LogP contribution in [0.15, 0.2) is 53.4 Å². The second-order valence-electron chi connectivity index (χ2n) is 7.85. The van der Waals surface area contributed by atoms with Gasteiger partial charge in [-0.2, -0.15) is 16.5 Å². The van der Waals surface area contributed by atoms with Gasteiger partial charge in [0, 0.05) is 25.3 Å². The molecule has 0 aromatic heterocycles. The Hall–Kier alpha value is -1.91. The van der Waals surface area contributed by atoms with E-state index in [1.807, 2.05) is 37.4 Å². The van der Waals surface area contributed by atoms with Crippen molar-refractivity contribution in [2.75, 3.05) is 43.6 Å². The van der Waals surface area contributed by atoms with Crippen molar-refractivity contribution >= 4 is 33.4 Å². The first kappa shape index (κ1) is 24.7. The molecule has 32 heavy (non-hydrogen) atoms. The minimum atomic E-state index is -3.81. The number of sulfonamides is 1. The van der Waals surface area contributed by atoms with Gasteiger partial charge >= 0.3 is 0 Å². The second kappa shape index (κ2) is 11.8. The van der Waals surface area contributed by atoms with Crippen molar-refractivity contribution in [2.24, 2.45) is 0 Å². The number of thioether (sulfide) groups is 1. The topological polar surface area (TPSA) is 87.7 Å². The first-order chi connectivity index (χ1) is 15.4. The summed E-state index contributed by atoms with van der Waals surface area (Å²) >= 11 is 1.57. The Balaban J connectivity index is 1.69. The Kier molecular flexibility index (Phi) is 9.12. The van der Waals surface area contributed by atoms with Gasteiger partial charge in [0.25, 0.3) is 0 Å². The third-order valence-corrected chi connectivity index (χ3v) is 7.39. The van der Waals surface area contributed by atoms with Crippen molar-refractivity contribution in [3.8, 4) is 0 Å². The zero-order valence-electron chi connectivity index (χ0n) is 18.5. The van der Waals surface area contributed by atoms with Gasteiger partial charge in [-0.15, -0.1) is 0 Å². The van der Waals surface area contributed by atoms with Crippen LogP contribution in [0.25, 0.3) is 0 Å². The largest absolute Gasteiger partial charge is 0.379 e. The molecule has 0 aliphatic carbocycles. The van der Waals surface area contributed by atoms with Crippen molar-refractivity contribution < 1.29 is 17.9 Å². The van der Waals surface area contributed by atoms with E-state index in [1.54, 1.807) is 36.0 Å². The first-order valence-electron chi connectivity index (χ1n) is 10.7. The first-order valence-corrected chi connectivity index (χ1v) is 13.5. The molecule has 2 N–H and O–H groups in total. The average Bonchev–Trinajstić information content (AvgIpc) is 2.78. The van der Waals surface area contributed by atoms with Crippen molar-refractivity contribution in [3.05, 3.63) is 59.7 Å². The van der Waals surface area contributed by atoms with E-state index in [-0.39, 0.29) is 10.8 Å². The molecule has 1 saturated heterocycles. The highest BCUT2D eigenvalue weighted by atomic mass is 32.2. The lowest BCUT2D eigenvalue weighted by molar-refractivity contribution is -0.117. The van der Waals surface area contributed by atoms with Crippen molar-refractivity contribution in [1.29, 1.82) is 0 Å². The highest BCUT2D eigenvalue weighted by Gasteiger charge is 2.25. The Bertz CT molecular complexity index is 991. The van der Waals surface area contributed by atoms with Crippen LogP contribution < -0.4 is 10.0 Å². The maximum Gasteiger partial charge on any atom is 0.242 e. The highest BCUT2D eigenvalue weighted by molar-refractivity contribution is 7.98. The van der Waals surface area contributed by atoms with Gasteiger partial charge in [0.2, 0.25) is 15.9 Å². The third kappa shape index (κ3) is 7.31. The SMILES string of the molecule is CSCCC(NS(=O)(=O)c1ccc(C)cc1)C(=O)Nc1cccc(CN2CCOCC2)c1. The number of amides is 1. The van der Waals surface area contributed by atoms with E-state index in [4.69, 9.17) is 4.74 Å². The van der Waals surface area contributed by atoms with Gasteiger partial charge in [0.05, 0.1) is 18.1 Å². The van der Waals surface area contributed by atoms with Crippen molar-refractivity contribution in [1.82, 2.24) is 9.62 Å². The number of nitrogens with zero attached hydrogens (tertiary/aromatic N) is 1. The number of aryl methyl sites for hydroxylation is 1. The lowest BCUT2D eigenvalue weighted by Gasteiger charge is -2.26. The Labute approximate surface area is 195 Å². The molecule has 1 atom stereocenters. The number of rotatable bonds is 10. The number of hydrogen-bond donors (Lipinski definition) is 2. The lowest BCUT2D eigenvalue weighted by Crippen LogP contribution is -2.44. The lowest BCUT2D eigenvalue weighted by atomic mass is 10.1. The summed E-state index contributed by atoms with van der Waals surface area (Å²) in [7, 11) is -3.81. The number of carbonyl (C=O) groups is 1. The van der Waals surface area contributed by atoms with Gasteiger partial charge in [-0.25, -0.2) is 8.42 Å². The summed E-state index contributed by atoms with van der Waals surface area (Å²) in [6.07, 6.45) is 2.32. The minimum Gasteiger partial charge on any atom is -0.379 e. The molecule has 1 heterocycles. The van der Waals surface area contributed by atoms with E-state index in [0.29, 0.717) is 17.9 Å². The van der Waals surface area contributed by atoms with E-state index in [9.17, 15) is 13.2 Å². The molecule has 1 unspecified atom stereocenters. The summed E-state index contributed by atoms with van der Waals surface area (Å²) in [6.45, 7) is 5.90. The standard InChI is InChI=1S/C23H31N3O4S2/c1-18-6-8-21(9-7-18)32(28,29)25-22(10-15-31-2)23(27)24-20-5-3-4-19(16-20)17-26-11-13-30-14-12-26/h3-9,16,22,25H,10-15,17H2,1-2H3,(H,24,27). The Morgan fingerprint density at radius 2 is 1.88 bits per heavy atom. The fraction of sp³-hybridized carbons (Fsp3) is 0.435. The van der Waals surface area contributed by atoms with Crippen molar-refractivity contribution in [2.45, 2.75) is 30.8 Å².